The van der Waals surface area contributed by atoms with Gasteiger partial charge in [0.15, 0.2) is 8.32 Å². The Morgan fingerprint density at radius 1 is 1.00 bits per heavy atom. The summed E-state index contributed by atoms with van der Waals surface area (Å²) in [6, 6.07) is 1.18. The first-order valence-corrected chi connectivity index (χ1v) is 11.3. The molecule has 0 aromatic carbocycles. The molecule has 0 aromatic rings. The fourth-order valence-corrected chi connectivity index (χ4v) is 4.98. The van der Waals surface area contributed by atoms with E-state index >= 15 is 0 Å². The van der Waals surface area contributed by atoms with Crippen molar-refractivity contribution >= 4 is 8.32 Å². The zero-order chi connectivity index (χ0) is 15.1. The average Bonchev–Trinajstić information content (AvgIpc) is 2.40. The predicted molar refractivity (Wildman–Crippen MR) is 88.9 cm³/mol. The van der Waals surface area contributed by atoms with Crippen LogP contribution in [-0.2, 0) is 4.43 Å². The van der Waals surface area contributed by atoms with Gasteiger partial charge in [0, 0.05) is 0 Å². The van der Waals surface area contributed by atoms with Crippen molar-refractivity contribution in [3.05, 3.63) is 0 Å². The lowest BCUT2D eigenvalue weighted by atomic mass is 9.82. The topological polar surface area (TPSA) is 35.2 Å². The molecule has 0 fully saturated rings. The maximum atomic E-state index is 6.66. The lowest BCUT2D eigenvalue weighted by Gasteiger charge is -2.38. The Balaban J connectivity index is 4.76. The smallest absolute Gasteiger partial charge is 0.187 e. The van der Waals surface area contributed by atoms with Crippen LogP contribution >= 0.6 is 0 Å². The van der Waals surface area contributed by atoms with Crippen LogP contribution in [0.4, 0.5) is 0 Å². The minimum atomic E-state index is -1.57. The second-order valence-corrected chi connectivity index (χ2v) is 11.1. The average molecular weight is 288 g/mol. The van der Waals surface area contributed by atoms with Gasteiger partial charge in [0.2, 0.25) is 0 Å². The minimum Gasteiger partial charge on any atom is -0.414 e. The molecule has 2 N–H and O–H groups in total. The molecule has 4 unspecified atom stereocenters. The highest BCUT2D eigenvalue weighted by Crippen LogP contribution is 2.31. The van der Waals surface area contributed by atoms with Crippen molar-refractivity contribution in [1.29, 1.82) is 0 Å². The van der Waals surface area contributed by atoms with Gasteiger partial charge in [0.05, 0.1) is 6.10 Å². The van der Waals surface area contributed by atoms with E-state index in [-0.39, 0.29) is 0 Å². The van der Waals surface area contributed by atoms with Crippen LogP contribution in [0.2, 0.25) is 19.1 Å². The molecule has 0 rings (SSSR count). The Kier molecular flexibility index (Phi) is 9.21. The zero-order valence-electron chi connectivity index (χ0n) is 14.3. The van der Waals surface area contributed by atoms with Gasteiger partial charge in [-0.25, -0.2) is 0 Å². The van der Waals surface area contributed by atoms with E-state index in [0.717, 1.165) is 18.9 Å². The SMILES string of the molecule is CCC(C)C(C)C(O[Si](C)(C)CCCN)C(C)CC. The minimum absolute atomic E-state index is 0.416. The third kappa shape index (κ3) is 6.91. The lowest BCUT2D eigenvalue weighted by molar-refractivity contribution is 0.0532. The molecule has 0 aliphatic rings. The van der Waals surface area contributed by atoms with Crippen LogP contribution in [0.25, 0.3) is 0 Å². The molecule has 0 aromatic heterocycles. The van der Waals surface area contributed by atoms with Crippen molar-refractivity contribution in [2.45, 2.75) is 79.1 Å². The molecule has 3 heteroatoms. The molecule has 4 atom stereocenters. The normalized spacial score (nSPS) is 18.9. The van der Waals surface area contributed by atoms with Gasteiger partial charge in [-0.05, 0) is 49.9 Å². The molecule has 0 amide bonds. The summed E-state index contributed by atoms with van der Waals surface area (Å²) >= 11 is 0. The third-order valence-corrected chi connectivity index (χ3v) is 7.17. The predicted octanol–water partition coefficient (Wildman–Crippen LogP) is 4.65. The van der Waals surface area contributed by atoms with Crippen molar-refractivity contribution in [3.8, 4) is 0 Å². The first-order chi connectivity index (χ1) is 8.79. The molecule has 19 heavy (non-hydrogen) atoms. The maximum absolute atomic E-state index is 6.66. The van der Waals surface area contributed by atoms with Crippen LogP contribution in [0.1, 0.15) is 53.9 Å². The first-order valence-electron chi connectivity index (χ1n) is 8.16. The van der Waals surface area contributed by atoms with Crippen molar-refractivity contribution in [2.24, 2.45) is 23.5 Å². The van der Waals surface area contributed by atoms with Crippen LogP contribution < -0.4 is 5.73 Å². The third-order valence-electron chi connectivity index (χ3n) is 4.70. The highest BCUT2D eigenvalue weighted by molar-refractivity contribution is 6.71. The monoisotopic (exact) mass is 287 g/mol. The number of hydrogen-bond donors (Lipinski definition) is 1. The van der Waals surface area contributed by atoms with E-state index in [2.05, 4.69) is 47.7 Å². The van der Waals surface area contributed by atoms with Gasteiger partial charge in [0.1, 0.15) is 0 Å². The molecule has 0 radical (unpaired) electrons. The molecule has 0 bridgehead atoms. The Labute approximate surface area is 122 Å². The molecule has 0 saturated heterocycles. The van der Waals surface area contributed by atoms with E-state index < -0.39 is 8.32 Å². The Hall–Kier alpha value is 0.137. The number of hydrogen-bond acceptors (Lipinski definition) is 2. The molecular weight excluding hydrogens is 250 g/mol. The van der Waals surface area contributed by atoms with Crippen molar-refractivity contribution in [1.82, 2.24) is 0 Å². The van der Waals surface area contributed by atoms with E-state index in [0.29, 0.717) is 17.9 Å². The summed E-state index contributed by atoms with van der Waals surface area (Å²) in [6.45, 7) is 17.1. The molecular formula is C16H37NOSi. The highest BCUT2D eigenvalue weighted by atomic mass is 28.4. The fraction of sp³-hybridized carbons (Fsp3) is 1.00. The second kappa shape index (κ2) is 9.14. The van der Waals surface area contributed by atoms with Crippen LogP contribution in [-0.4, -0.2) is 21.0 Å². The van der Waals surface area contributed by atoms with E-state index in [1.165, 1.54) is 18.9 Å². The summed E-state index contributed by atoms with van der Waals surface area (Å²) in [4.78, 5) is 0. The van der Waals surface area contributed by atoms with Crippen molar-refractivity contribution in [2.75, 3.05) is 6.54 Å². The van der Waals surface area contributed by atoms with Crippen molar-refractivity contribution in [3.63, 3.8) is 0 Å². The standard InChI is InChI=1S/C16H37NOSi/c1-8-13(3)15(5)16(14(4)9-2)18-19(6,7)12-10-11-17/h13-16H,8-12,17H2,1-7H3. The van der Waals surface area contributed by atoms with Gasteiger partial charge in [-0.15, -0.1) is 0 Å². The first kappa shape index (κ1) is 19.1. The molecule has 0 aliphatic carbocycles. The van der Waals surface area contributed by atoms with E-state index in [9.17, 15) is 0 Å². The largest absolute Gasteiger partial charge is 0.414 e. The van der Waals surface area contributed by atoms with Crippen molar-refractivity contribution < 1.29 is 4.43 Å². The van der Waals surface area contributed by atoms with Gasteiger partial charge in [-0.2, -0.15) is 0 Å². The zero-order valence-corrected chi connectivity index (χ0v) is 15.3. The summed E-state index contributed by atoms with van der Waals surface area (Å²) < 4.78 is 6.66. The van der Waals surface area contributed by atoms with E-state index in [1.807, 2.05) is 0 Å². The van der Waals surface area contributed by atoms with E-state index in [1.54, 1.807) is 0 Å². The second-order valence-electron chi connectivity index (χ2n) is 6.86. The Bertz CT molecular complexity index is 233. The molecule has 0 aliphatic heterocycles. The van der Waals surface area contributed by atoms with Crippen LogP contribution in [0.15, 0.2) is 0 Å². The van der Waals surface area contributed by atoms with Crippen LogP contribution in [0.5, 0.6) is 0 Å². The van der Waals surface area contributed by atoms with E-state index in [4.69, 9.17) is 10.2 Å². The van der Waals surface area contributed by atoms with Crippen LogP contribution in [0.3, 0.4) is 0 Å². The molecule has 116 valence electrons. The summed E-state index contributed by atoms with van der Waals surface area (Å²) in [5.74, 6) is 2.02. The summed E-state index contributed by atoms with van der Waals surface area (Å²) in [7, 11) is -1.57. The highest BCUT2D eigenvalue weighted by Gasteiger charge is 2.33. The Morgan fingerprint density at radius 3 is 1.95 bits per heavy atom. The molecule has 0 heterocycles. The maximum Gasteiger partial charge on any atom is 0.187 e. The van der Waals surface area contributed by atoms with Gasteiger partial charge < -0.3 is 10.2 Å². The summed E-state index contributed by atoms with van der Waals surface area (Å²) in [6.07, 6.45) is 3.96. The van der Waals surface area contributed by atoms with Crippen LogP contribution in [0, 0.1) is 17.8 Å². The van der Waals surface area contributed by atoms with Gasteiger partial charge >= 0.3 is 0 Å². The number of rotatable bonds is 10. The number of nitrogens with two attached hydrogens (primary N) is 1. The Morgan fingerprint density at radius 2 is 1.53 bits per heavy atom. The molecule has 0 saturated carbocycles. The lowest BCUT2D eigenvalue weighted by Crippen LogP contribution is -2.43. The summed E-state index contributed by atoms with van der Waals surface area (Å²) in [5.41, 5.74) is 5.65. The molecule has 0 spiro atoms. The molecule has 2 nitrogen and oxygen atoms in total. The fourth-order valence-electron chi connectivity index (χ4n) is 2.62. The van der Waals surface area contributed by atoms with Gasteiger partial charge in [-0.3, -0.25) is 0 Å². The quantitative estimate of drug-likeness (QED) is 0.593. The van der Waals surface area contributed by atoms with Gasteiger partial charge in [-0.1, -0.05) is 47.5 Å². The summed E-state index contributed by atoms with van der Waals surface area (Å²) in [5, 5.41) is 0. The van der Waals surface area contributed by atoms with Gasteiger partial charge in [0.25, 0.3) is 0 Å².